The fourth-order valence-corrected chi connectivity index (χ4v) is 4.18. The van der Waals surface area contributed by atoms with Crippen molar-refractivity contribution < 1.29 is 29.1 Å². The Morgan fingerprint density at radius 1 is 1.09 bits per heavy atom. The maximum absolute atomic E-state index is 12.6. The summed E-state index contributed by atoms with van der Waals surface area (Å²) in [6.07, 6.45) is 1.53. The normalized spacial score (nSPS) is 13.1. The number of hydroxylamine groups is 2. The molecule has 3 rings (SSSR count). The summed E-state index contributed by atoms with van der Waals surface area (Å²) < 4.78 is 5.52. The van der Waals surface area contributed by atoms with Gasteiger partial charge in [0, 0.05) is 13.0 Å². The fourth-order valence-electron chi connectivity index (χ4n) is 3.71. The summed E-state index contributed by atoms with van der Waals surface area (Å²) in [6.45, 7) is -0.517. The number of carboxylic acid groups (broad SMARTS) is 1. The van der Waals surface area contributed by atoms with Crippen molar-refractivity contribution in [3.63, 3.8) is 0 Å². The van der Waals surface area contributed by atoms with E-state index in [1.165, 1.54) is 18.8 Å². The first-order valence-electron chi connectivity index (χ1n) is 10.1. The second-order valence-corrected chi connectivity index (χ2v) is 8.29. The third kappa shape index (κ3) is 5.60. The van der Waals surface area contributed by atoms with E-state index in [1.807, 2.05) is 42.7 Å². The number of aliphatic carboxylic acids is 1. The van der Waals surface area contributed by atoms with Gasteiger partial charge >= 0.3 is 12.1 Å². The Hall–Kier alpha value is -3.04. The maximum Gasteiger partial charge on any atom is 0.407 e. The predicted octanol–water partition coefficient (Wildman–Crippen LogP) is 3.12. The van der Waals surface area contributed by atoms with Crippen LogP contribution in [-0.2, 0) is 19.2 Å². The number of likely N-dealkylation sites (N-methyl/N-ethyl adjacent to an activating group) is 1. The van der Waals surface area contributed by atoms with Crippen molar-refractivity contribution in [1.29, 1.82) is 0 Å². The molecule has 2 aromatic carbocycles. The predicted molar refractivity (Wildman–Crippen MR) is 121 cm³/mol. The number of hydrogen-bond acceptors (Lipinski definition) is 6. The zero-order valence-electron chi connectivity index (χ0n) is 17.9. The second kappa shape index (κ2) is 11.0. The van der Waals surface area contributed by atoms with Crippen molar-refractivity contribution in [2.24, 2.45) is 0 Å². The molecule has 0 radical (unpaired) electrons. The highest BCUT2D eigenvalue weighted by molar-refractivity contribution is 7.98. The van der Waals surface area contributed by atoms with Crippen molar-refractivity contribution in [3.05, 3.63) is 59.7 Å². The van der Waals surface area contributed by atoms with Gasteiger partial charge in [-0.2, -0.15) is 11.8 Å². The summed E-state index contributed by atoms with van der Waals surface area (Å²) >= 11 is 1.52. The van der Waals surface area contributed by atoms with Crippen LogP contribution in [0.15, 0.2) is 48.5 Å². The van der Waals surface area contributed by atoms with Crippen LogP contribution in [-0.4, -0.2) is 66.5 Å². The quantitative estimate of drug-likeness (QED) is 0.527. The zero-order chi connectivity index (χ0) is 23.1. The molecule has 2 N–H and O–H groups in total. The number of nitrogens with one attached hydrogen (secondary N) is 1. The van der Waals surface area contributed by atoms with Crippen molar-refractivity contribution in [2.45, 2.75) is 18.4 Å². The Labute approximate surface area is 190 Å². The molecule has 0 heterocycles. The van der Waals surface area contributed by atoms with Crippen LogP contribution in [0.2, 0.25) is 0 Å². The lowest BCUT2D eigenvalue weighted by molar-refractivity contribution is -0.187. The topological polar surface area (TPSA) is 105 Å². The number of nitrogens with zero attached hydrogens (tertiary/aromatic N) is 1. The molecule has 0 aromatic heterocycles. The van der Waals surface area contributed by atoms with Crippen molar-refractivity contribution in [1.82, 2.24) is 10.4 Å². The fraction of sp³-hybridized carbons (Fsp3) is 0.348. The molecule has 2 aromatic rings. The van der Waals surface area contributed by atoms with Gasteiger partial charge in [0.25, 0.3) is 5.91 Å². The molecule has 2 amide bonds. The molecular formula is C23H26N2O6S. The highest BCUT2D eigenvalue weighted by Gasteiger charge is 2.30. The van der Waals surface area contributed by atoms with E-state index in [-0.39, 0.29) is 12.5 Å². The zero-order valence-corrected chi connectivity index (χ0v) is 18.8. The molecule has 0 spiro atoms. The second-order valence-electron chi connectivity index (χ2n) is 7.31. The highest BCUT2D eigenvalue weighted by atomic mass is 32.2. The van der Waals surface area contributed by atoms with E-state index in [0.29, 0.717) is 12.2 Å². The van der Waals surface area contributed by atoms with E-state index in [9.17, 15) is 14.4 Å². The van der Waals surface area contributed by atoms with Gasteiger partial charge < -0.3 is 15.2 Å². The molecule has 32 heavy (non-hydrogen) atoms. The average Bonchev–Trinajstić information content (AvgIpc) is 3.12. The first-order chi connectivity index (χ1) is 15.4. The van der Waals surface area contributed by atoms with Gasteiger partial charge in [0.2, 0.25) is 0 Å². The van der Waals surface area contributed by atoms with Crippen LogP contribution < -0.4 is 5.32 Å². The Morgan fingerprint density at radius 3 is 2.25 bits per heavy atom. The van der Waals surface area contributed by atoms with Crippen LogP contribution in [0.4, 0.5) is 4.79 Å². The van der Waals surface area contributed by atoms with Gasteiger partial charge in [-0.15, -0.1) is 0 Å². The molecule has 0 fully saturated rings. The number of rotatable bonds is 10. The van der Waals surface area contributed by atoms with Gasteiger partial charge in [0.1, 0.15) is 12.6 Å². The van der Waals surface area contributed by atoms with Gasteiger partial charge in [-0.25, -0.2) is 14.7 Å². The Kier molecular flexibility index (Phi) is 8.13. The molecule has 1 aliphatic rings. The van der Waals surface area contributed by atoms with Crippen LogP contribution in [0.5, 0.6) is 0 Å². The summed E-state index contributed by atoms with van der Waals surface area (Å²) in [6, 6.07) is 15.2. The third-order valence-electron chi connectivity index (χ3n) is 5.24. The molecule has 0 saturated heterocycles. The Balaban J connectivity index is 1.64. The Morgan fingerprint density at radius 2 is 1.69 bits per heavy atom. The van der Waals surface area contributed by atoms with Crippen molar-refractivity contribution in [2.75, 3.05) is 32.3 Å². The molecule has 1 atom stereocenters. The number of carbonyl (C=O) groups is 3. The van der Waals surface area contributed by atoms with E-state index in [2.05, 4.69) is 17.4 Å². The van der Waals surface area contributed by atoms with E-state index >= 15 is 0 Å². The summed E-state index contributed by atoms with van der Waals surface area (Å²) in [4.78, 5) is 40.7. The molecular weight excluding hydrogens is 432 g/mol. The monoisotopic (exact) mass is 458 g/mol. The van der Waals surface area contributed by atoms with E-state index < -0.39 is 30.6 Å². The number of carbonyl (C=O) groups excluding carboxylic acids is 2. The lowest BCUT2D eigenvalue weighted by Gasteiger charge is -2.23. The van der Waals surface area contributed by atoms with Crippen LogP contribution in [0.3, 0.4) is 0 Å². The number of amides is 2. The number of alkyl carbamates (subject to hydrolysis) is 1. The number of fused-ring (bicyclic) bond motifs is 3. The number of carboxylic acids is 1. The first kappa shape index (κ1) is 23.6. The van der Waals surface area contributed by atoms with E-state index in [0.717, 1.165) is 27.3 Å². The van der Waals surface area contributed by atoms with Gasteiger partial charge in [0.15, 0.2) is 6.61 Å². The number of hydrogen-bond donors (Lipinski definition) is 2. The average molecular weight is 459 g/mol. The van der Waals surface area contributed by atoms with E-state index in [4.69, 9.17) is 14.7 Å². The molecule has 0 bridgehead atoms. The highest BCUT2D eigenvalue weighted by Crippen LogP contribution is 2.44. The molecule has 170 valence electrons. The molecule has 1 aliphatic carbocycles. The number of benzene rings is 2. The summed E-state index contributed by atoms with van der Waals surface area (Å²) in [5, 5.41) is 12.2. The van der Waals surface area contributed by atoms with Crippen LogP contribution in [0, 0.1) is 0 Å². The minimum atomic E-state index is -1.20. The standard InChI is InChI=1S/C23H26N2O6S/c1-25(31-14-21(26)27)22(28)20(11-12-32-2)24-23(29)30-13-19-17-9-5-3-7-15(17)16-8-4-6-10-18(16)19/h3-10,19-20H,11-14H2,1-2H3,(H,24,29)(H,26,27)/t20-/m0/s1. The number of thioether (sulfide) groups is 1. The van der Waals surface area contributed by atoms with Gasteiger partial charge in [-0.05, 0) is 40.7 Å². The van der Waals surface area contributed by atoms with Crippen molar-refractivity contribution >= 4 is 29.7 Å². The largest absolute Gasteiger partial charge is 0.479 e. The van der Waals surface area contributed by atoms with Crippen LogP contribution >= 0.6 is 11.8 Å². The molecule has 0 aliphatic heterocycles. The van der Waals surface area contributed by atoms with Crippen LogP contribution in [0.1, 0.15) is 23.5 Å². The van der Waals surface area contributed by atoms with Gasteiger partial charge in [-0.1, -0.05) is 48.5 Å². The number of ether oxygens (including phenoxy) is 1. The summed E-state index contributed by atoms with van der Waals surface area (Å²) in [5.74, 6) is -1.22. The maximum atomic E-state index is 12.6. The summed E-state index contributed by atoms with van der Waals surface area (Å²) in [7, 11) is 1.32. The molecule has 9 heteroatoms. The molecule has 8 nitrogen and oxygen atoms in total. The lowest BCUT2D eigenvalue weighted by atomic mass is 9.98. The minimum Gasteiger partial charge on any atom is -0.479 e. The SMILES string of the molecule is CSCC[C@H](NC(=O)OCC1c2ccccc2-c2ccccc21)C(=O)N(C)OCC(=O)O. The summed E-state index contributed by atoms with van der Waals surface area (Å²) in [5.41, 5.74) is 4.45. The molecule has 0 unspecified atom stereocenters. The van der Waals surface area contributed by atoms with Crippen molar-refractivity contribution in [3.8, 4) is 11.1 Å². The first-order valence-corrected chi connectivity index (χ1v) is 11.5. The Bertz CT molecular complexity index is 937. The third-order valence-corrected chi connectivity index (χ3v) is 5.88. The molecule has 0 saturated carbocycles. The lowest BCUT2D eigenvalue weighted by Crippen LogP contribution is -2.48. The van der Waals surface area contributed by atoms with E-state index in [1.54, 1.807) is 0 Å². The van der Waals surface area contributed by atoms with Crippen LogP contribution in [0.25, 0.3) is 11.1 Å². The smallest absolute Gasteiger partial charge is 0.407 e. The van der Waals surface area contributed by atoms with Gasteiger partial charge in [-0.3, -0.25) is 9.63 Å². The van der Waals surface area contributed by atoms with Gasteiger partial charge in [0.05, 0.1) is 0 Å². The minimum absolute atomic E-state index is 0.0879.